The van der Waals surface area contributed by atoms with Gasteiger partial charge in [-0.1, -0.05) is 74.0 Å². The zero-order chi connectivity index (χ0) is 18.3. The number of hydrogen-bond donors (Lipinski definition) is 0. The van der Waals surface area contributed by atoms with Gasteiger partial charge in [-0.2, -0.15) is 13.2 Å². The van der Waals surface area contributed by atoms with E-state index in [0.717, 1.165) is 5.56 Å². The van der Waals surface area contributed by atoms with Gasteiger partial charge in [-0.05, 0) is 36.1 Å². The lowest BCUT2D eigenvalue weighted by atomic mass is 9.90. The number of carbonyl (C=O) groups is 1. The second-order valence-electron chi connectivity index (χ2n) is 5.91. The minimum atomic E-state index is -4.44. The van der Waals surface area contributed by atoms with Crippen molar-refractivity contribution in [2.24, 2.45) is 5.92 Å². The third-order valence-corrected chi connectivity index (χ3v) is 5.30. The summed E-state index contributed by atoms with van der Waals surface area (Å²) < 4.78 is 39.2. The van der Waals surface area contributed by atoms with Crippen LogP contribution < -0.4 is 0 Å². The molecule has 0 aromatic heterocycles. The van der Waals surface area contributed by atoms with E-state index >= 15 is 0 Å². The van der Waals surface area contributed by atoms with Crippen molar-refractivity contribution >= 4 is 17.5 Å². The highest BCUT2D eigenvalue weighted by Crippen LogP contribution is 2.40. The van der Waals surface area contributed by atoms with E-state index in [0.29, 0.717) is 24.8 Å². The van der Waals surface area contributed by atoms with E-state index in [-0.39, 0.29) is 17.7 Å². The summed E-state index contributed by atoms with van der Waals surface area (Å²) in [5.74, 6) is -0.776. The van der Waals surface area contributed by atoms with Gasteiger partial charge in [-0.25, -0.2) is 0 Å². The fraction of sp³-hybridized carbons (Fsp3) is 0.350. The second kappa shape index (κ2) is 9.09. The first-order valence-corrected chi connectivity index (χ1v) is 9.16. The standard InChI is InChI=1S/C20H21F3OS/c1-2-16(14-13-15-9-5-3-6-10-15)19(25-20(21,22)23)18(24)17-11-7-4-8-12-17/h3-12,16,19H,2,13-14H2,1H3/t16-,19+/m1/s1. The van der Waals surface area contributed by atoms with E-state index < -0.39 is 16.5 Å². The molecule has 0 saturated carbocycles. The number of halogens is 3. The van der Waals surface area contributed by atoms with Crippen molar-refractivity contribution in [3.63, 3.8) is 0 Å². The molecule has 2 rings (SSSR count). The number of thioether (sulfide) groups is 1. The number of aryl methyl sites for hydroxylation is 1. The molecule has 0 aliphatic rings. The summed E-state index contributed by atoms with van der Waals surface area (Å²) in [6.07, 6.45) is 1.74. The third-order valence-electron chi connectivity index (χ3n) is 4.18. The van der Waals surface area contributed by atoms with Gasteiger partial charge in [0.25, 0.3) is 0 Å². The van der Waals surface area contributed by atoms with Crippen molar-refractivity contribution in [3.05, 3.63) is 71.8 Å². The highest BCUT2D eigenvalue weighted by molar-refractivity contribution is 8.01. The molecule has 0 heterocycles. The van der Waals surface area contributed by atoms with Gasteiger partial charge in [0.05, 0.1) is 5.25 Å². The summed E-state index contributed by atoms with van der Waals surface area (Å²) >= 11 is -0.177. The average molecular weight is 366 g/mol. The zero-order valence-corrected chi connectivity index (χ0v) is 14.8. The molecule has 0 spiro atoms. The minimum Gasteiger partial charge on any atom is -0.293 e. The van der Waals surface area contributed by atoms with Gasteiger partial charge in [0.1, 0.15) is 0 Å². The number of carbonyl (C=O) groups excluding carboxylic acids is 1. The summed E-state index contributed by atoms with van der Waals surface area (Å²) in [5.41, 5.74) is -3.03. The highest BCUT2D eigenvalue weighted by Gasteiger charge is 2.40. The van der Waals surface area contributed by atoms with Crippen LogP contribution in [-0.4, -0.2) is 16.5 Å². The van der Waals surface area contributed by atoms with Gasteiger partial charge < -0.3 is 0 Å². The largest absolute Gasteiger partial charge is 0.442 e. The van der Waals surface area contributed by atoms with Gasteiger partial charge in [0.2, 0.25) is 0 Å². The maximum atomic E-state index is 13.1. The topological polar surface area (TPSA) is 17.1 Å². The molecule has 0 aliphatic carbocycles. The van der Waals surface area contributed by atoms with Crippen LogP contribution in [0.3, 0.4) is 0 Å². The molecule has 1 nitrogen and oxygen atoms in total. The summed E-state index contributed by atoms with van der Waals surface area (Å²) in [5, 5.41) is -1.11. The number of benzene rings is 2. The van der Waals surface area contributed by atoms with Crippen LogP contribution >= 0.6 is 11.8 Å². The van der Waals surface area contributed by atoms with Crippen molar-refractivity contribution in [3.8, 4) is 0 Å². The van der Waals surface area contributed by atoms with Gasteiger partial charge in [-0.15, -0.1) is 0 Å². The molecule has 2 aromatic carbocycles. The first kappa shape index (κ1) is 19.6. The van der Waals surface area contributed by atoms with Gasteiger partial charge in [0, 0.05) is 5.56 Å². The Balaban J connectivity index is 2.18. The van der Waals surface area contributed by atoms with Gasteiger partial charge in [0.15, 0.2) is 5.78 Å². The van der Waals surface area contributed by atoms with E-state index in [1.165, 1.54) is 0 Å². The Morgan fingerprint density at radius 2 is 1.56 bits per heavy atom. The van der Waals surface area contributed by atoms with Crippen LogP contribution in [0.1, 0.15) is 35.7 Å². The molecule has 0 radical (unpaired) electrons. The molecule has 0 N–H and O–H groups in total. The number of ketones is 1. The molecule has 0 fully saturated rings. The molecule has 0 aliphatic heterocycles. The summed E-state index contributed by atoms with van der Waals surface area (Å²) in [6, 6.07) is 17.9. The number of hydrogen-bond acceptors (Lipinski definition) is 2. The van der Waals surface area contributed by atoms with E-state index in [1.807, 2.05) is 37.3 Å². The molecular formula is C20H21F3OS. The van der Waals surface area contributed by atoms with Crippen molar-refractivity contribution in [2.75, 3.05) is 0 Å². The normalized spacial score (nSPS) is 14.1. The maximum absolute atomic E-state index is 13.1. The van der Waals surface area contributed by atoms with Crippen LogP contribution in [0.25, 0.3) is 0 Å². The SMILES string of the molecule is CC[C@H](CCc1ccccc1)[C@H](SC(F)(F)F)C(=O)c1ccccc1. The summed E-state index contributed by atoms with van der Waals surface area (Å²) in [6.45, 7) is 1.85. The number of rotatable bonds is 8. The van der Waals surface area contributed by atoms with Crippen LogP contribution in [-0.2, 0) is 6.42 Å². The first-order valence-electron chi connectivity index (χ1n) is 8.28. The van der Waals surface area contributed by atoms with Crippen LogP contribution in [0, 0.1) is 5.92 Å². The lowest BCUT2D eigenvalue weighted by molar-refractivity contribution is -0.0336. The Labute approximate surface area is 150 Å². The fourth-order valence-electron chi connectivity index (χ4n) is 2.84. The molecule has 2 aromatic rings. The molecule has 0 saturated heterocycles. The Bertz CT molecular complexity index is 656. The highest BCUT2D eigenvalue weighted by atomic mass is 32.2. The molecule has 0 bridgehead atoms. The molecule has 0 amide bonds. The monoisotopic (exact) mass is 366 g/mol. The van der Waals surface area contributed by atoms with E-state index in [2.05, 4.69) is 0 Å². The summed E-state index contributed by atoms with van der Waals surface area (Å²) in [7, 11) is 0. The zero-order valence-electron chi connectivity index (χ0n) is 14.0. The predicted molar refractivity (Wildman–Crippen MR) is 96.8 cm³/mol. The van der Waals surface area contributed by atoms with Crippen LogP contribution in [0.4, 0.5) is 13.2 Å². The van der Waals surface area contributed by atoms with Gasteiger partial charge >= 0.3 is 5.51 Å². The maximum Gasteiger partial charge on any atom is 0.442 e. The van der Waals surface area contributed by atoms with Crippen molar-refractivity contribution in [1.82, 2.24) is 0 Å². The lowest BCUT2D eigenvalue weighted by Gasteiger charge is -2.25. The summed E-state index contributed by atoms with van der Waals surface area (Å²) in [4.78, 5) is 12.7. The molecule has 25 heavy (non-hydrogen) atoms. The number of Topliss-reactive ketones (excluding diaryl/α,β-unsaturated/α-hetero) is 1. The lowest BCUT2D eigenvalue weighted by Crippen LogP contribution is -2.30. The first-order chi connectivity index (χ1) is 11.9. The number of alkyl halides is 3. The fourth-order valence-corrected chi connectivity index (χ4v) is 3.89. The van der Waals surface area contributed by atoms with Crippen LogP contribution in [0.5, 0.6) is 0 Å². The average Bonchev–Trinajstić information content (AvgIpc) is 2.61. The second-order valence-corrected chi connectivity index (χ2v) is 7.11. The smallest absolute Gasteiger partial charge is 0.293 e. The van der Waals surface area contributed by atoms with Crippen molar-refractivity contribution < 1.29 is 18.0 Å². The Kier molecular flexibility index (Phi) is 7.12. The quantitative estimate of drug-likeness (QED) is 0.521. The molecule has 5 heteroatoms. The van der Waals surface area contributed by atoms with Crippen molar-refractivity contribution in [2.45, 2.75) is 36.9 Å². The molecular weight excluding hydrogens is 345 g/mol. The molecule has 2 atom stereocenters. The Morgan fingerprint density at radius 1 is 1.00 bits per heavy atom. The Morgan fingerprint density at radius 3 is 2.08 bits per heavy atom. The molecule has 0 unspecified atom stereocenters. The minimum absolute atomic E-state index is 0.177. The predicted octanol–water partition coefficient (Wildman–Crippen LogP) is 6.15. The van der Waals surface area contributed by atoms with Gasteiger partial charge in [-0.3, -0.25) is 4.79 Å². The van der Waals surface area contributed by atoms with E-state index in [1.54, 1.807) is 30.3 Å². The van der Waals surface area contributed by atoms with Crippen molar-refractivity contribution in [1.29, 1.82) is 0 Å². The van der Waals surface area contributed by atoms with Crippen LogP contribution in [0.2, 0.25) is 0 Å². The van der Waals surface area contributed by atoms with E-state index in [4.69, 9.17) is 0 Å². The van der Waals surface area contributed by atoms with Crippen LogP contribution in [0.15, 0.2) is 60.7 Å². The van der Waals surface area contributed by atoms with E-state index in [9.17, 15) is 18.0 Å². The Hall–Kier alpha value is -1.75. The third kappa shape index (κ3) is 6.24. The molecule has 134 valence electrons.